The largest absolute Gasteiger partial charge is 0.494 e. The molecule has 0 fully saturated rings. The molecule has 0 aliphatic heterocycles. The summed E-state index contributed by atoms with van der Waals surface area (Å²) in [6.45, 7) is 16.1. The molecule has 2 aromatic rings. The Hall–Kier alpha value is -1.56. The number of halogens is 1. The molecule has 0 unspecified atom stereocenters. The standard InChI is InChI=1S/C34H55BrNO3/c1-33(2,3)28-34(4,5)30-15-19-32(20-16-30)39-26-25-37-24-22-36(6,7)27-29-13-17-31(18-14-29)38-23-12-10-8-9-11-21-35/h13-20H,8-12,21-28H2,1-7H3/q+1. The highest BCUT2D eigenvalue weighted by Crippen LogP contribution is 2.36. The Balaban J connectivity index is 1.62. The number of nitrogens with zero attached hydrogens (tertiary/aromatic N) is 1. The molecule has 0 radical (unpaired) electrons. The Morgan fingerprint density at radius 1 is 0.667 bits per heavy atom. The number of alkyl halides is 1. The second-order valence-corrected chi connectivity index (χ2v) is 14.2. The zero-order chi connectivity index (χ0) is 28.8. The zero-order valence-corrected chi connectivity index (χ0v) is 27.4. The summed E-state index contributed by atoms with van der Waals surface area (Å²) in [5.74, 6) is 1.87. The van der Waals surface area contributed by atoms with Crippen molar-refractivity contribution in [1.29, 1.82) is 0 Å². The molecule has 0 heterocycles. The predicted octanol–water partition coefficient (Wildman–Crippen LogP) is 8.80. The Bertz CT molecular complexity index is 917. The molecule has 0 amide bonds. The van der Waals surface area contributed by atoms with Gasteiger partial charge in [0.05, 0.1) is 33.9 Å². The van der Waals surface area contributed by atoms with Crippen molar-refractivity contribution in [2.75, 3.05) is 52.4 Å². The van der Waals surface area contributed by atoms with Crippen LogP contribution < -0.4 is 9.47 Å². The van der Waals surface area contributed by atoms with Crippen molar-refractivity contribution in [3.8, 4) is 11.5 Å². The summed E-state index contributed by atoms with van der Waals surface area (Å²) in [5, 5.41) is 1.11. The number of quaternary nitrogens is 1. The molecule has 0 aliphatic rings. The lowest BCUT2D eigenvalue weighted by Gasteiger charge is -2.33. The summed E-state index contributed by atoms with van der Waals surface area (Å²) in [5.41, 5.74) is 3.12. The van der Waals surface area contributed by atoms with Crippen molar-refractivity contribution in [2.24, 2.45) is 5.41 Å². The van der Waals surface area contributed by atoms with Gasteiger partial charge in [0.25, 0.3) is 0 Å². The topological polar surface area (TPSA) is 27.7 Å². The average molecular weight is 606 g/mol. The Kier molecular flexibility index (Phi) is 14.4. The molecule has 0 aliphatic carbocycles. The van der Waals surface area contributed by atoms with E-state index in [2.05, 4.69) is 113 Å². The molecule has 0 N–H and O–H groups in total. The Labute approximate surface area is 248 Å². The third-order valence-electron chi connectivity index (χ3n) is 7.03. The number of benzene rings is 2. The quantitative estimate of drug-likeness (QED) is 0.0910. The summed E-state index contributed by atoms with van der Waals surface area (Å²) >= 11 is 3.49. The van der Waals surface area contributed by atoms with Gasteiger partial charge in [0.2, 0.25) is 0 Å². The molecule has 220 valence electrons. The third kappa shape index (κ3) is 14.6. The monoisotopic (exact) mass is 604 g/mol. The van der Waals surface area contributed by atoms with E-state index in [1.807, 2.05) is 0 Å². The van der Waals surface area contributed by atoms with Gasteiger partial charge in [0.1, 0.15) is 31.2 Å². The maximum absolute atomic E-state index is 5.93. The lowest BCUT2D eigenvalue weighted by atomic mass is 9.72. The van der Waals surface area contributed by atoms with Crippen LogP contribution in [0.3, 0.4) is 0 Å². The van der Waals surface area contributed by atoms with Crippen LogP contribution in [0.2, 0.25) is 0 Å². The highest BCUT2D eigenvalue weighted by molar-refractivity contribution is 9.09. The SMILES string of the molecule is CC(C)(C)CC(C)(C)c1ccc(OCCOCC[N+](C)(C)Cc2ccc(OCCCCCCCBr)cc2)cc1. The molecule has 0 aromatic heterocycles. The summed E-state index contributed by atoms with van der Waals surface area (Å²) in [4.78, 5) is 0. The molecule has 0 bridgehead atoms. The first-order chi connectivity index (χ1) is 18.4. The van der Waals surface area contributed by atoms with Crippen LogP contribution in [0.5, 0.6) is 11.5 Å². The summed E-state index contributed by atoms with van der Waals surface area (Å²) in [7, 11) is 4.51. The number of ether oxygens (including phenoxy) is 3. The van der Waals surface area contributed by atoms with Crippen molar-refractivity contribution in [1.82, 2.24) is 0 Å². The Morgan fingerprint density at radius 2 is 1.23 bits per heavy atom. The fraction of sp³-hybridized carbons (Fsp3) is 0.647. The number of unbranched alkanes of at least 4 members (excludes halogenated alkanes) is 4. The highest BCUT2D eigenvalue weighted by atomic mass is 79.9. The van der Waals surface area contributed by atoms with Crippen molar-refractivity contribution < 1.29 is 18.7 Å². The van der Waals surface area contributed by atoms with E-state index in [-0.39, 0.29) is 5.41 Å². The highest BCUT2D eigenvalue weighted by Gasteiger charge is 2.27. The zero-order valence-electron chi connectivity index (χ0n) is 25.9. The molecule has 2 aromatic carbocycles. The minimum atomic E-state index is 0.146. The van der Waals surface area contributed by atoms with Gasteiger partial charge in [-0.05, 0) is 72.1 Å². The van der Waals surface area contributed by atoms with Crippen LogP contribution in [-0.4, -0.2) is 56.9 Å². The minimum Gasteiger partial charge on any atom is -0.494 e. The van der Waals surface area contributed by atoms with Crippen LogP contribution >= 0.6 is 15.9 Å². The maximum atomic E-state index is 5.93. The smallest absolute Gasteiger partial charge is 0.119 e. The third-order valence-corrected chi connectivity index (χ3v) is 7.59. The van der Waals surface area contributed by atoms with Gasteiger partial charge >= 0.3 is 0 Å². The molecule has 0 spiro atoms. The van der Waals surface area contributed by atoms with E-state index in [4.69, 9.17) is 14.2 Å². The van der Waals surface area contributed by atoms with Gasteiger partial charge < -0.3 is 18.7 Å². The number of hydrogen-bond donors (Lipinski definition) is 0. The minimum absolute atomic E-state index is 0.146. The maximum Gasteiger partial charge on any atom is 0.119 e. The second kappa shape index (κ2) is 16.6. The predicted molar refractivity (Wildman–Crippen MR) is 169 cm³/mol. The van der Waals surface area contributed by atoms with E-state index >= 15 is 0 Å². The van der Waals surface area contributed by atoms with Crippen LogP contribution in [0.25, 0.3) is 0 Å². The summed E-state index contributed by atoms with van der Waals surface area (Å²) in [6.07, 6.45) is 7.38. The molecule has 0 saturated heterocycles. The van der Waals surface area contributed by atoms with E-state index < -0.39 is 0 Å². The van der Waals surface area contributed by atoms with Gasteiger partial charge in [-0.3, -0.25) is 0 Å². The first-order valence-corrected chi connectivity index (χ1v) is 15.9. The first kappa shape index (κ1) is 33.6. The van der Waals surface area contributed by atoms with Gasteiger partial charge in [-0.1, -0.05) is 81.9 Å². The van der Waals surface area contributed by atoms with E-state index in [0.717, 1.165) is 53.9 Å². The van der Waals surface area contributed by atoms with E-state index in [0.29, 0.717) is 25.2 Å². The molecule has 4 nitrogen and oxygen atoms in total. The van der Waals surface area contributed by atoms with E-state index in [1.165, 1.54) is 36.8 Å². The molecule has 39 heavy (non-hydrogen) atoms. The molecule has 0 saturated carbocycles. The fourth-order valence-electron chi connectivity index (χ4n) is 5.24. The molecule has 5 heteroatoms. The van der Waals surface area contributed by atoms with Crippen molar-refractivity contribution in [3.63, 3.8) is 0 Å². The van der Waals surface area contributed by atoms with Gasteiger partial charge in [0.15, 0.2) is 0 Å². The van der Waals surface area contributed by atoms with Gasteiger partial charge in [0, 0.05) is 10.9 Å². The average Bonchev–Trinajstić information content (AvgIpc) is 2.85. The van der Waals surface area contributed by atoms with E-state index in [9.17, 15) is 0 Å². The lowest BCUT2D eigenvalue weighted by Crippen LogP contribution is -2.41. The van der Waals surface area contributed by atoms with Crippen LogP contribution in [0, 0.1) is 5.41 Å². The number of rotatable bonds is 19. The van der Waals surface area contributed by atoms with Crippen LogP contribution in [0.15, 0.2) is 48.5 Å². The van der Waals surface area contributed by atoms with Crippen molar-refractivity contribution in [3.05, 3.63) is 59.7 Å². The van der Waals surface area contributed by atoms with Gasteiger partial charge in [-0.25, -0.2) is 0 Å². The second-order valence-electron chi connectivity index (χ2n) is 13.4. The molecular formula is C34H55BrNO3+. The fourth-order valence-corrected chi connectivity index (χ4v) is 5.64. The first-order valence-electron chi connectivity index (χ1n) is 14.8. The lowest BCUT2D eigenvalue weighted by molar-refractivity contribution is -0.904. The summed E-state index contributed by atoms with van der Waals surface area (Å²) in [6, 6.07) is 17.2. The van der Waals surface area contributed by atoms with Crippen LogP contribution in [0.1, 0.15) is 84.3 Å². The molecule has 0 atom stereocenters. The number of likely N-dealkylation sites (N-methyl/N-ethyl adjacent to an activating group) is 1. The normalized spacial score (nSPS) is 12.5. The van der Waals surface area contributed by atoms with Gasteiger partial charge in [-0.15, -0.1) is 0 Å². The Morgan fingerprint density at radius 3 is 1.85 bits per heavy atom. The summed E-state index contributed by atoms with van der Waals surface area (Å²) < 4.78 is 18.6. The van der Waals surface area contributed by atoms with Crippen LogP contribution in [0.4, 0.5) is 0 Å². The number of hydrogen-bond acceptors (Lipinski definition) is 3. The van der Waals surface area contributed by atoms with Gasteiger partial charge in [-0.2, -0.15) is 0 Å². The van der Waals surface area contributed by atoms with Crippen molar-refractivity contribution in [2.45, 2.75) is 85.1 Å². The molecular weight excluding hydrogens is 550 g/mol. The van der Waals surface area contributed by atoms with Crippen molar-refractivity contribution >= 4 is 15.9 Å². The molecule has 2 rings (SSSR count). The van der Waals surface area contributed by atoms with E-state index in [1.54, 1.807) is 0 Å². The van der Waals surface area contributed by atoms with Crippen LogP contribution in [-0.2, 0) is 16.7 Å².